The highest BCUT2D eigenvalue weighted by atomic mass is 16.2. The molecule has 0 saturated carbocycles. The number of carbonyl (C=O) groups excluding carboxylic acids is 1. The Kier molecular flexibility index (Phi) is 4.03. The Morgan fingerprint density at radius 3 is 2.50 bits per heavy atom. The number of nitrogen functional groups attached to an aromatic ring is 1. The quantitative estimate of drug-likeness (QED) is 0.931. The standard InChI is InChI=1S/C16H19N3O/c1-11-4-6-13(7-5-11)10-19(3)16(20)14-9-18-12(2)8-15(14)17/h4-9H,10H2,1-3H3,(H2,17,18). The maximum Gasteiger partial charge on any atom is 0.257 e. The number of benzene rings is 1. The average Bonchev–Trinajstić information content (AvgIpc) is 2.40. The average molecular weight is 269 g/mol. The number of nitrogens with two attached hydrogens (primary N) is 1. The first-order valence-electron chi connectivity index (χ1n) is 6.50. The van der Waals surface area contributed by atoms with Crippen LogP contribution in [0, 0.1) is 13.8 Å². The smallest absolute Gasteiger partial charge is 0.257 e. The third kappa shape index (κ3) is 3.15. The van der Waals surface area contributed by atoms with Crippen molar-refractivity contribution in [2.75, 3.05) is 12.8 Å². The fourth-order valence-corrected chi connectivity index (χ4v) is 2.00. The number of nitrogens with zero attached hydrogens (tertiary/aromatic N) is 2. The summed E-state index contributed by atoms with van der Waals surface area (Å²) in [5, 5.41) is 0. The molecular formula is C16H19N3O. The predicted octanol–water partition coefficient (Wildman–Crippen LogP) is 2.55. The van der Waals surface area contributed by atoms with Crippen molar-refractivity contribution in [1.82, 2.24) is 9.88 Å². The van der Waals surface area contributed by atoms with E-state index in [0.29, 0.717) is 17.8 Å². The SMILES string of the molecule is Cc1ccc(CN(C)C(=O)c2cnc(C)cc2N)cc1. The highest BCUT2D eigenvalue weighted by Crippen LogP contribution is 2.15. The Morgan fingerprint density at radius 2 is 1.90 bits per heavy atom. The van der Waals surface area contributed by atoms with Crippen LogP contribution in [0.15, 0.2) is 36.5 Å². The van der Waals surface area contributed by atoms with Gasteiger partial charge >= 0.3 is 0 Å². The zero-order valence-electron chi connectivity index (χ0n) is 12.1. The summed E-state index contributed by atoms with van der Waals surface area (Å²) >= 11 is 0. The van der Waals surface area contributed by atoms with Gasteiger partial charge in [-0.1, -0.05) is 29.8 Å². The molecule has 20 heavy (non-hydrogen) atoms. The fourth-order valence-electron chi connectivity index (χ4n) is 2.00. The second kappa shape index (κ2) is 5.74. The van der Waals surface area contributed by atoms with Gasteiger partial charge in [0.1, 0.15) is 0 Å². The first-order valence-corrected chi connectivity index (χ1v) is 6.50. The lowest BCUT2D eigenvalue weighted by molar-refractivity contribution is 0.0785. The van der Waals surface area contributed by atoms with E-state index in [1.165, 1.54) is 5.56 Å². The molecule has 1 aromatic heterocycles. The van der Waals surface area contributed by atoms with Gasteiger partial charge in [-0.05, 0) is 25.5 Å². The molecule has 1 aromatic carbocycles. The maximum atomic E-state index is 12.4. The second-order valence-electron chi connectivity index (χ2n) is 5.06. The van der Waals surface area contributed by atoms with E-state index in [1.807, 2.05) is 38.1 Å². The molecule has 0 unspecified atom stereocenters. The van der Waals surface area contributed by atoms with E-state index in [2.05, 4.69) is 4.98 Å². The van der Waals surface area contributed by atoms with E-state index in [0.717, 1.165) is 11.3 Å². The third-order valence-electron chi connectivity index (χ3n) is 3.19. The minimum Gasteiger partial charge on any atom is -0.398 e. The van der Waals surface area contributed by atoms with E-state index in [4.69, 9.17) is 5.73 Å². The number of aryl methyl sites for hydroxylation is 2. The van der Waals surface area contributed by atoms with Gasteiger partial charge in [0.2, 0.25) is 0 Å². The number of anilines is 1. The van der Waals surface area contributed by atoms with Crippen molar-refractivity contribution in [2.45, 2.75) is 20.4 Å². The Hall–Kier alpha value is -2.36. The number of amides is 1. The molecule has 0 bridgehead atoms. The van der Waals surface area contributed by atoms with Gasteiger partial charge in [0.15, 0.2) is 0 Å². The van der Waals surface area contributed by atoms with Crippen LogP contribution in [-0.4, -0.2) is 22.8 Å². The Balaban J connectivity index is 2.14. The topological polar surface area (TPSA) is 59.2 Å². The fraction of sp³-hybridized carbons (Fsp3) is 0.250. The van der Waals surface area contributed by atoms with Crippen LogP contribution in [0.4, 0.5) is 5.69 Å². The lowest BCUT2D eigenvalue weighted by Gasteiger charge is -2.18. The van der Waals surface area contributed by atoms with Gasteiger partial charge in [-0.2, -0.15) is 0 Å². The molecule has 4 heteroatoms. The summed E-state index contributed by atoms with van der Waals surface area (Å²) in [5.74, 6) is -0.115. The van der Waals surface area contributed by atoms with Crippen molar-refractivity contribution in [3.8, 4) is 0 Å². The summed E-state index contributed by atoms with van der Waals surface area (Å²) < 4.78 is 0. The van der Waals surface area contributed by atoms with Crippen LogP contribution in [0.5, 0.6) is 0 Å². The van der Waals surface area contributed by atoms with Gasteiger partial charge in [0.05, 0.1) is 5.56 Å². The largest absolute Gasteiger partial charge is 0.398 e. The zero-order chi connectivity index (χ0) is 14.7. The third-order valence-corrected chi connectivity index (χ3v) is 3.19. The molecule has 0 radical (unpaired) electrons. The molecule has 1 heterocycles. The van der Waals surface area contributed by atoms with E-state index >= 15 is 0 Å². The van der Waals surface area contributed by atoms with Crippen LogP contribution >= 0.6 is 0 Å². The number of carbonyl (C=O) groups is 1. The molecule has 0 saturated heterocycles. The van der Waals surface area contributed by atoms with Crippen LogP contribution in [0.2, 0.25) is 0 Å². The van der Waals surface area contributed by atoms with Crippen LogP contribution in [0.25, 0.3) is 0 Å². The minimum atomic E-state index is -0.115. The van der Waals surface area contributed by atoms with Gasteiger partial charge in [0, 0.05) is 31.2 Å². The first-order chi connectivity index (χ1) is 9.47. The summed E-state index contributed by atoms with van der Waals surface area (Å²) in [4.78, 5) is 18.1. The second-order valence-corrected chi connectivity index (χ2v) is 5.06. The number of pyridine rings is 1. The molecule has 2 N–H and O–H groups in total. The van der Waals surface area contributed by atoms with Crippen molar-refractivity contribution in [3.63, 3.8) is 0 Å². The summed E-state index contributed by atoms with van der Waals surface area (Å²) in [5.41, 5.74) is 9.90. The lowest BCUT2D eigenvalue weighted by Crippen LogP contribution is -2.27. The number of rotatable bonds is 3. The highest BCUT2D eigenvalue weighted by Gasteiger charge is 2.15. The molecule has 0 aliphatic heterocycles. The van der Waals surface area contributed by atoms with Crippen LogP contribution < -0.4 is 5.73 Å². The van der Waals surface area contributed by atoms with Crippen LogP contribution in [0.1, 0.15) is 27.2 Å². The number of hydrogen-bond donors (Lipinski definition) is 1. The van der Waals surface area contributed by atoms with Gasteiger partial charge in [-0.3, -0.25) is 9.78 Å². The molecule has 0 atom stereocenters. The summed E-state index contributed by atoms with van der Waals surface area (Å²) in [7, 11) is 1.77. The van der Waals surface area contributed by atoms with E-state index in [1.54, 1.807) is 24.2 Å². The molecule has 0 aliphatic rings. The van der Waals surface area contributed by atoms with Gasteiger partial charge < -0.3 is 10.6 Å². The molecule has 0 aliphatic carbocycles. The van der Waals surface area contributed by atoms with Gasteiger partial charge in [0.25, 0.3) is 5.91 Å². The van der Waals surface area contributed by atoms with E-state index in [-0.39, 0.29) is 5.91 Å². The highest BCUT2D eigenvalue weighted by molar-refractivity contribution is 5.98. The normalized spacial score (nSPS) is 10.3. The Bertz CT molecular complexity index is 620. The van der Waals surface area contributed by atoms with Crippen LogP contribution in [-0.2, 0) is 6.54 Å². The number of aromatic nitrogens is 1. The molecule has 0 fully saturated rings. The Labute approximate surface area is 119 Å². The van der Waals surface area contributed by atoms with E-state index in [9.17, 15) is 4.79 Å². The van der Waals surface area contributed by atoms with Crippen LogP contribution in [0.3, 0.4) is 0 Å². The van der Waals surface area contributed by atoms with Gasteiger partial charge in [-0.15, -0.1) is 0 Å². The minimum absolute atomic E-state index is 0.115. The molecule has 0 spiro atoms. The number of hydrogen-bond acceptors (Lipinski definition) is 3. The molecule has 1 amide bonds. The molecule has 4 nitrogen and oxygen atoms in total. The van der Waals surface area contributed by atoms with Crippen molar-refractivity contribution < 1.29 is 4.79 Å². The first kappa shape index (κ1) is 14.1. The summed E-state index contributed by atoms with van der Waals surface area (Å²) in [6.45, 7) is 4.43. The van der Waals surface area contributed by atoms with Crippen molar-refractivity contribution in [2.24, 2.45) is 0 Å². The van der Waals surface area contributed by atoms with Gasteiger partial charge in [-0.25, -0.2) is 0 Å². The summed E-state index contributed by atoms with van der Waals surface area (Å²) in [6.07, 6.45) is 1.54. The van der Waals surface area contributed by atoms with Crippen molar-refractivity contribution in [1.29, 1.82) is 0 Å². The van der Waals surface area contributed by atoms with Crippen molar-refractivity contribution >= 4 is 11.6 Å². The zero-order valence-corrected chi connectivity index (χ0v) is 12.1. The summed E-state index contributed by atoms with van der Waals surface area (Å²) in [6, 6.07) is 9.84. The molecule has 2 aromatic rings. The molecule has 104 valence electrons. The molecular weight excluding hydrogens is 250 g/mol. The lowest BCUT2D eigenvalue weighted by atomic mass is 10.1. The predicted molar refractivity (Wildman–Crippen MR) is 80.4 cm³/mol. The van der Waals surface area contributed by atoms with Crippen molar-refractivity contribution in [3.05, 3.63) is 58.9 Å². The Morgan fingerprint density at radius 1 is 1.25 bits per heavy atom. The van der Waals surface area contributed by atoms with E-state index < -0.39 is 0 Å². The monoisotopic (exact) mass is 269 g/mol. The maximum absolute atomic E-state index is 12.4. The molecule has 2 rings (SSSR count).